The molecule has 27 heavy (non-hydrogen) atoms. The molecule has 0 fully saturated rings. The third-order valence-electron chi connectivity index (χ3n) is 4.25. The van der Waals surface area contributed by atoms with Crippen LogP contribution in [0, 0.1) is 6.92 Å². The van der Waals surface area contributed by atoms with E-state index in [-0.39, 0.29) is 12.2 Å². The van der Waals surface area contributed by atoms with Crippen molar-refractivity contribution in [2.75, 3.05) is 0 Å². The summed E-state index contributed by atoms with van der Waals surface area (Å²) in [4.78, 5) is 37.3. The quantitative estimate of drug-likeness (QED) is 0.504. The van der Waals surface area contributed by atoms with Crippen molar-refractivity contribution >= 4 is 17.4 Å². The van der Waals surface area contributed by atoms with E-state index in [0.717, 1.165) is 5.56 Å². The first-order valence-electron chi connectivity index (χ1n) is 8.41. The van der Waals surface area contributed by atoms with Crippen molar-refractivity contribution < 1.29 is 9.53 Å². The van der Waals surface area contributed by atoms with Crippen LogP contribution in [0.3, 0.4) is 0 Å². The Labute approximate surface area is 153 Å². The van der Waals surface area contributed by atoms with E-state index in [1.807, 2.05) is 19.9 Å². The molecule has 0 atom stereocenters. The highest BCUT2D eigenvalue weighted by Crippen LogP contribution is 2.13. The maximum Gasteiger partial charge on any atom is 0.341 e. The van der Waals surface area contributed by atoms with Crippen LogP contribution in [0.2, 0.25) is 0 Å². The van der Waals surface area contributed by atoms with Gasteiger partial charge in [-0.15, -0.1) is 0 Å². The van der Waals surface area contributed by atoms with Gasteiger partial charge in [0.25, 0.3) is 11.3 Å². The normalized spacial score (nSPS) is 11.2. The van der Waals surface area contributed by atoms with Gasteiger partial charge in [-0.2, -0.15) is 10.1 Å². The minimum atomic E-state index is -0.552. The molecule has 0 aliphatic carbocycles. The molecule has 9 heteroatoms. The Morgan fingerprint density at radius 3 is 2.96 bits per heavy atom. The molecule has 0 amide bonds. The second-order valence-corrected chi connectivity index (χ2v) is 5.99. The average Bonchev–Trinajstić information content (AvgIpc) is 3.15. The van der Waals surface area contributed by atoms with Gasteiger partial charge >= 0.3 is 5.97 Å². The number of pyridine rings is 1. The van der Waals surface area contributed by atoms with Gasteiger partial charge in [0.1, 0.15) is 18.6 Å². The molecular formula is C18H16N6O3. The Bertz CT molecular complexity index is 1230. The summed E-state index contributed by atoms with van der Waals surface area (Å²) in [5.41, 5.74) is 2.52. The summed E-state index contributed by atoms with van der Waals surface area (Å²) in [5.74, 6) is -0.133. The SMILES string of the molecule is CCc1c(C(=O)OCc2cc(=O)n3cccc(C)c3n2)cnc2ncnn12. The van der Waals surface area contributed by atoms with Gasteiger partial charge in [-0.3, -0.25) is 9.20 Å². The van der Waals surface area contributed by atoms with Crippen LogP contribution in [0.5, 0.6) is 0 Å². The lowest BCUT2D eigenvalue weighted by Gasteiger charge is -2.10. The summed E-state index contributed by atoms with van der Waals surface area (Å²) in [7, 11) is 0. The van der Waals surface area contributed by atoms with Gasteiger partial charge < -0.3 is 4.74 Å². The molecule has 4 aromatic rings. The molecule has 0 saturated carbocycles. The predicted molar refractivity (Wildman–Crippen MR) is 95.5 cm³/mol. The van der Waals surface area contributed by atoms with Crippen molar-refractivity contribution in [2.45, 2.75) is 26.9 Å². The molecule has 4 aromatic heterocycles. The van der Waals surface area contributed by atoms with Crippen molar-refractivity contribution in [2.24, 2.45) is 0 Å². The van der Waals surface area contributed by atoms with E-state index >= 15 is 0 Å². The molecule has 0 bridgehead atoms. The number of hydrogen-bond donors (Lipinski definition) is 0. The van der Waals surface area contributed by atoms with E-state index in [0.29, 0.717) is 34.8 Å². The summed E-state index contributed by atoms with van der Waals surface area (Å²) in [6, 6.07) is 5.01. The number of ether oxygens (including phenoxy) is 1. The van der Waals surface area contributed by atoms with Gasteiger partial charge in [-0.25, -0.2) is 19.3 Å². The fraction of sp³-hybridized carbons (Fsp3) is 0.222. The number of nitrogens with zero attached hydrogens (tertiary/aromatic N) is 6. The Hall–Kier alpha value is -3.62. The number of aromatic nitrogens is 6. The Balaban J connectivity index is 1.62. The Morgan fingerprint density at radius 1 is 1.30 bits per heavy atom. The molecule has 0 saturated heterocycles. The summed E-state index contributed by atoms with van der Waals surface area (Å²) in [6.07, 6.45) is 5.02. The zero-order valence-corrected chi connectivity index (χ0v) is 14.8. The topological polar surface area (TPSA) is 104 Å². The van der Waals surface area contributed by atoms with E-state index in [1.54, 1.807) is 12.3 Å². The third kappa shape index (κ3) is 2.92. The van der Waals surface area contributed by atoms with Crippen molar-refractivity contribution in [3.05, 3.63) is 69.8 Å². The number of aryl methyl sites for hydroxylation is 2. The number of hydrogen-bond acceptors (Lipinski definition) is 7. The standard InChI is InChI=1S/C18H16N6O3/c1-3-14-13(8-19-18-20-10-21-24(14)18)17(26)27-9-12-7-15(25)23-6-4-5-11(2)16(23)22-12/h4-8,10H,3,9H2,1-2H3. The van der Waals surface area contributed by atoms with Crippen LogP contribution in [0.25, 0.3) is 11.4 Å². The second kappa shape index (κ2) is 6.60. The highest BCUT2D eigenvalue weighted by molar-refractivity contribution is 5.90. The minimum absolute atomic E-state index is 0.114. The number of esters is 1. The summed E-state index contributed by atoms with van der Waals surface area (Å²) in [6.45, 7) is 3.66. The summed E-state index contributed by atoms with van der Waals surface area (Å²) < 4.78 is 8.35. The predicted octanol–water partition coefficient (Wildman–Crippen LogP) is 1.36. The maximum absolute atomic E-state index is 12.5. The highest BCUT2D eigenvalue weighted by Gasteiger charge is 2.17. The molecule has 0 unspecified atom stereocenters. The van der Waals surface area contributed by atoms with Crippen molar-refractivity contribution in [1.82, 2.24) is 29.0 Å². The lowest BCUT2D eigenvalue weighted by molar-refractivity contribution is 0.0465. The minimum Gasteiger partial charge on any atom is -0.455 e. The maximum atomic E-state index is 12.5. The van der Waals surface area contributed by atoms with Gasteiger partial charge in [0.15, 0.2) is 0 Å². The Kier molecular flexibility index (Phi) is 4.11. The Morgan fingerprint density at radius 2 is 2.15 bits per heavy atom. The lowest BCUT2D eigenvalue weighted by Crippen LogP contribution is -2.18. The van der Waals surface area contributed by atoms with Gasteiger partial charge in [0.2, 0.25) is 0 Å². The number of carbonyl (C=O) groups is 1. The van der Waals surface area contributed by atoms with E-state index in [2.05, 4.69) is 20.1 Å². The van der Waals surface area contributed by atoms with Gasteiger partial charge in [0.05, 0.1) is 17.0 Å². The molecule has 136 valence electrons. The lowest BCUT2D eigenvalue weighted by atomic mass is 10.2. The van der Waals surface area contributed by atoms with Crippen LogP contribution in [0.15, 0.2) is 41.7 Å². The molecular weight excluding hydrogens is 348 g/mol. The van der Waals surface area contributed by atoms with E-state index in [4.69, 9.17) is 4.74 Å². The summed E-state index contributed by atoms with van der Waals surface area (Å²) in [5, 5.41) is 4.09. The first-order valence-corrected chi connectivity index (χ1v) is 8.41. The third-order valence-corrected chi connectivity index (χ3v) is 4.25. The first-order chi connectivity index (χ1) is 13.1. The summed E-state index contributed by atoms with van der Waals surface area (Å²) >= 11 is 0. The van der Waals surface area contributed by atoms with Crippen LogP contribution in [0.1, 0.15) is 34.2 Å². The first kappa shape index (κ1) is 16.8. The van der Waals surface area contributed by atoms with E-state index in [9.17, 15) is 9.59 Å². The van der Waals surface area contributed by atoms with Gasteiger partial charge in [0, 0.05) is 18.5 Å². The van der Waals surface area contributed by atoms with Crippen molar-refractivity contribution in [3.8, 4) is 0 Å². The number of carbonyl (C=O) groups excluding carboxylic acids is 1. The van der Waals surface area contributed by atoms with Gasteiger partial charge in [-0.1, -0.05) is 13.0 Å². The zero-order valence-electron chi connectivity index (χ0n) is 14.8. The van der Waals surface area contributed by atoms with Crippen LogP contribution < -0.4 is 5.56 Å². The van der Waals surface area contributed by atoms with Crippen LogP contribution in [-0.4, -0.2) is 34.9 Å². The van der Waals surface area contributed by atoms with Gasteiger partial charge in [-0.05, 0) is 25.0 Å². The average molecular weight is 364 g/mol. The molecule has 0 spiro atoms. The van der Waals surface area contributed by atoms with Crippen LogP contribution in [-0.2, 0) is 17.8 Å². The van der Waals surface area contributed by atoms with E-state index < -0.39 is 5.97 Å². The number of rotatable bonds is 4. The zero-order chi connectivity index (χ0) is 19.0. The molecule has 4 rings (SSSR count). The molecule has 0 aromatic carbocycles. The monoisotopic (exact) mass is 364 g/mol. The smallest absolute Gasteiger partial charge is 0.341 e. The van der Waals surface area contributed by atoms with Crippen LogP contribution >= 0.6 is 0 Å². The molecule has 4 heterocycles. The molecule has 0 aliphatic rings. The fourth-order valence-corrected chi connectivity index (χ4v) is 2.94. The molecule has 0 N–H and O–H groups in total. The van der Waals surface area contributed by atoms with Crippen molar-refractivity contribution in [3.63, 3.8) is 0 Å². The van der Waals surface area contributed by atoms with E-state index in [1.165, 1.54) is 27.5 Å². The molecule has 0 aliphatic heterocycles. The second-order valence-electron chi connectivity index (χ2n) is 5.99. The largest absolute Gasteiger partial charge is 0.455 e. The number of fused-ring (bicyclic) bond motifs is 2. The van der Waals surface area contributed by atoms with Crippen LogP contribution in [0.4, 0.5) is 0 Å². The fourth-order valence-electron chi connectivity index (χ4n) is 2.94. The molecule has 0 radical (unpaired) electrons. The molecule has 9 nitrogen and oxygen atoms in total. The van der Waals surface area contributed by atoms with Crippen molar-refractivity contribution in [1.29, 1.82) is 0 Å². The highest BCUT2D eigenvalue weighted by atomic mass is 16.5.